The van der Waals surface area contributed by atoms with Gasteiger partial charge in [-0.15, -0.1) is 0 Å². The maximum Gasteiger partial charge on any atom is 0.136 e. The van der Waals surface area contributed by atoms with Gasteiger partial charge in [-0.2, -0.15) is 0 Å². The number of ketones is 1. The molecule has 15 heavy (non-hydrogen) atoms. The molecular formula is C14H22O. The Morgan fingerprint density at radius 2 is 2.00 bits per heavy atom. The number of allylic oxidation sites excluding steroid dienone is 3. The van der Waals surface area contributed by atoms with Gasteiger partial charge in [-0.3, -0.25) is 4.79 Å². The molecule has 1 rings (SSSR count). The van der Waals surface area contributed by atoms with Gasteiger partial charge < -0.3 is 0 Å². The first kappa shape index (κ1) is 12.2. The quantitative estimate of drug-likeness (QED) is 0.643. The van der Waals surface area contributed by atoms with Crippen LogP contribution in [0, 0.1) is 16.7 Å². The van der Waals surface area contributed by atoms with E-state index in [1.54, 1.807) is 13.0 Å². The lowest BCUT2D eigenvalue weighted by atomic mass is 9.64. The van der Waals surface area contributed by atoms with Gasteiger partial charge in [-0.05, 0) is 31.1 Å². The second-order valence-corrected chi connectivity index (χ2v) is 5.38. The molecule has 0 N–H and O–H groups in total. The van der Waals surface area contributed by atoms with E-state index in [2.05, 4.69) is 33.4 Å². The van der Waals surface area contributed by atoms with E-state index in [-0.39, 0.29) is 10.8 Å². The van der Waals surface area contributed by atoms with Crippen LogP contribution in [-0.2, 0) is 4.79 Å². The number of hydrogen-bond donors (Lipinski definition) is 0. The Hall–Kier alpha value is -0.850. The maximum absolute atomic E-state index is 11.8. The molecule has 2 atom stereocenters. The summed E-state index contributed by atoms with van der Waals surface area (Å²) in [7, 11) is 0. The van der Waals surface area contributed by atoms with Crippen LogP contribution in [0.1, 0.15) is 40.5 Å². The highest BCUT2D eigenvalue weighted by atomic mass is 16.1. The van der Waals surface area contributed by atoms with Crippen LogP contribution in [0.5, 0.6) is 0 Å². The van der Waals surface area contributed by atoms with Crippen molar-refractivity contribution in [2.24, 2.45) is 16.7 Å². The van der Waals surface area contributed by atoms with E-state index >= 15 is 0 Å². The highest BCUT2D eigenvalue weighted by Crippen LogP contribution is 2.56. The van der Waals surface area contributed by atoms with Crippen molar-refractivity contribution in [3.8, 4) is 0 Å². The fourth-order valence-electron chi connectivity index (χ4n) is 2.72. The van der Waals surface area contributed by atoms with Gasteiger partial charge >= 0.3 is 0 Å². The highest BCUT2D eigenvalue weighted by molar-refractivity contribution is 5.83. The number of hydrogen-bond acceptors (Lipinski definition) is 1. The van der Waals surface area contributed by atoms with Gasteiger partial charge in [-0.1, -0.05) is 45.6 Å². The Bertz CT molecular complexity index is 298. The van der Waals surface area contributed by atoms with Crippen molar-refractivity contribution in [1.82, 2.24) is 0 Å². The summed E-state index contributed by atoms with van der Waals surface area (Å²) in [4.78, 5) is 11.8. The van der Waals surface area contributed by atoms with Crippen LogP contribution in [0.2, 0.25) is 0 Å². The van der Waals surface area contributed by atoms with Gasteiger partial charge in [0, 0.05) is 5.41 Å². The number of carbonyl (C=O) groups is 1. The third-order valence-electron chi connectivity index (χ3n) is 4.56. The zero-order chi connectivity index (χ0) is 11.7. The van der Waals surface area contributed by atoms with Gasteiger partial charge in [0.25, 0.3) is 0 Å². The third kappa shape index (κ3) is 1.80. The average molecular weight is 206 g/mol. The summed E-state index contributed by atoms with van der Waals surface area (Å²) < 4.78 is 0. The van der Waals surface area contributed by atoms with Gasteiger partial charge in [0.15, 0.2) is 0 Å². The molecule has 0 bridgehead atoms. The smallest absolute Gasteiger partial charge is 0.136 e. The number of Topliss-reactive ketones (excluding diaryl/α,β-unsaturated/α-hetero) is 1. The molecule has 0 aliphatic heterocycles. The number of carbonyl (C=O) groups excluding carboxylic acids is 1. The first-order valence-corrected chi connectivity index (χ1v) is 5.66. The first-order chi connectivity index (χ1) is 6.86. The highest BCUT2D eigenvalue weighted by Gasteiger charge is 2.53. The molecule has 1 fully saturated rings. The van der Waals surface area contributed by atoms with E-state index in [9.17, 15) is 4.79 Å². The molecular weight excluding hydrogens is 184 g/mol. The van der Waals surface area contributed by atoms with Crippen LogP contribution in [0.3, 0.4) is 0 Å². The van der Waals surface area contributed by atoms with Crippen molar-refractivity contribution in [2.45, 2.75) is 40.5 Å². The molecule has 0 heterocycles. The summed E-state index contributed by atoms with van der Waals surface area (Å²) >= 11 is 0. The fourth-order valence-corrected chi connectivity index (χ4v) is 2.72. The number of rotatable bonds is 3. The van der Waals surface area contributed by atoms with Gasteiger partial charge in [-0.25, -0.2) is 0 Å². The van der Waals surface area contributed by atoms with Crippen molar-refractivity contribution < 1.29 is 4.79 Å². The van der Waals surface area contributed by atoms with E-state index in [0.29, 0.717) is 11.7 Å². The molecule has 1 saturated carbocycles. The van der Waals surface area contributed by atoms with E-state index in [4.69, 9.17) is 0 Å². The molecule has 84 valence electrons. The normalized spacial score (nSPS) is 34.5. The molecule has 1 heteroatoms. The minimum atomic E-state index is -0.164. The van der Waals surface area contributed by atoms with E-state index < -0.39 is 0 Å². The summed E-state index contributed by atoms with van der Waals surface area (Å²) in [5, 5.41) is 0. The monoisotopic (exact) mass is 206 g/mol. The summed E-state index contributed by atoms with van der Waals surface area (Å²) in [5.74, 6) is 0.811. The van der Waals surface area contributed by atoms with E-state index in [0.717, 1.165) is 12.8 Å². The lowest BCUT2D eigenvalue weighted by Crippen LogP contribution is -2.39. The molecule has 0 radical (unpaired) electrons. The van der Waals surface area contributed by atoms with E-state index in [1.165, 1.54) is 0 Å². The van der Waals surface area contributed by atoms with Gasteiger partial charge in [0.2, 0.25) is 0 Å². The Morgan fingerprint density at radius 3 is 2.40 bits per heavy atom. The van der Waals surface area contributed by atoms with Gasteiger partial charge in [0.1, 0.15) is 5.78 Å². The molecule has 0 aromatic carbocycles. The second kappa shape index (κ2) is 3.96. The van der Waals surface area contributed by atoms with Crippen molar-refractivity contribution in [1.29, 1.82) is 0 Å². The molecule has 1 nitrogen and oxygen atoms in total. The van der Waals surface area contributed by atoms with Crippen LogP contribution in [0.4, 0.5) is 0 Å². The van der Waals surface area contributed by atoms with Crippen molar-refractivity contribution >= 4 is 5.78 Å². The minimum Gasteiger partial charge on any atom is -0.299 e. The maximum atomic E-state index is 11.8. The Kier molecular flexibility index (Phi) is 3.22. The summed E-state index contributed by atoms with van der Waals surface area (Å²) in [6.07, 6.45) is 8.11. The van der Waals surface area contributed by atoms with Crippen LogP contribution < -0.4 is 0 Å². The molecule has 0 unspecified atom stereocenters. The predicted octanol–water partition coefficient (Wildman–Crippen LogP) is 3.76. The van der Waals surface area contributed by atoms with Crippen LogP contribution >= 0.6 is 0 Å². The average Bonchev–Trinajstić information content (AvgIpc) is 2.37. The standard InChI is InChI=1S/C14H22O/c1-6-7-8-12-9-10-14(5,11(2)15)13(12,3)4/h6-8,12H,1,9-10H2,2-5H3/b8-7+/t12-,14-/m0/s1. The Labute approximate surface area is 93.3 Å². The zero-order valence-electron chi connectivity index (χ0n) is 10.3. The fraction of sp³-hybridized carbons (Fsp3) is 0.643. The largest absolute Gasteiger partial charge is 0.299 e. The van der Waals surface area contributed by atoms with Crippen molar-refractivity contribution in [3.05, 3.63) is 24.8 Å². The minimum absolute atomic E-state index is 0.0539. The third-order valence-corrected chi connectivity index (χ3v) is 4.56. The molecule has 0 saturated heterocycles. The molecule has 0 aromatic rings. The Morgan fingerprint density at radius 1 is 1.40 bits per heavy atom. The second-order valence-electron chi connectivity index (χ2n) is 5.38. The molecule has 1 aliphatic carbocycles. The lowest BCUT2D eigenvalue weighted by Gasteiger charge is -2.39. The molecule has 0 aromatic heterocycles. The summed E-state index contributed by atoms with van der Waals surface area (Å²) in [5.41, 5.74) is -0.110. The molecule has 0 amide bonds. The summed E-state index contributed by atoms with van der Waals surface area (Å²) in [6, 6.07) is 0. The van der Waals surface area contributed by atoms with Crippen LogP contribution in [-0.4, -0.2) is 5.78 Å². The van der Waals surface area contributed by atoms with Crippen molar-refractivity contribution in [2.75, 3.05) is 0 Å². The van der Waals surface area contributed by atoms with E-state index in [1.807, 2.05) is 6.08 Å². The predicted molar refractivity (Wildman–Crippen MR) is 64.6 cm³/mol. The van der Waals surface area contributed by atoms with Gasteiger partial charge in [0.05, 0.1) is 0 Å². The topological polar surface area (TPSA) is 17.1 Å². The SMILES string of the molecule is C=C/C=C/[C@H]1CC[C@@](C)(C(C)=O)C1(C)C. The van der Waals surface area contributed by atoms with Crippen LogP contribution in [0.15, 0.2) is 24.8 Å². The zero-order valence-corrected chi connectivity index (χ0v) is 10.3. The summed E-state index contributed by atoms with van der Waals surface area (Å²) in [6.45, 7) is 11.9. The van der Waals surface area contributed by atoms with Crippen molar-refractivity contribution in [3.63, 3.8) is 0 Å². The lowest BCUT2D eigenvalue weighted by molar-refractivity contribution is -0.130. The molecule has 0 spiro atoms. The molecule has 1 aliphatic rings. The Balaban J connectivity index is 2.98. The van der Waals surface area contributed by atoms with Crippen LogP contribution in [0.25, 0.3) is 0 Å². The first-order valence-electron chi connectivity index (χ1n) is 5.66.